The van der Waals surface area contributed by atoms with Crippen molar-refractivity contribution in [2.24, 2.45) is 0 Å². The van der Waals surface area contributed by atoms with Gasteiger partial charge in [0.05, 0.1) is 33.5 Å². The van der Waals surface area contributed by atoms with Gasteiger partial charge in [0.15, 0.2) is 0 Å². The zero-order valence-electron chi connectivity index (χ0n) is 6.47. The number of rotatable bonds is 7. The van der Waals surface area contributed by atoms with E-state index in [1.807, 2.05) is 6.92 Å². The van der Waals surface area contributed by atoms with Crippen molar-refractivity contribution in [2.45, 2.75) is 6.92 Å². The van der Waals surface area contributed by atoms with E-state index in [0.717, 1.165) is 6.61 Å². The number of hydrogen-bond donors (Lipinski definition) is 0. The molecule has 0 atom stereocenters. The Labute approximate surface area is 62.3 Å². The van der Waals surface area contributed by atoms with Crippen molar-refractivity contribution in [1.82, 2.24) is 0 Å². The molecule has 0 amide bonds. The first kappa shape index (κ1) is 9.88. The summed E-state index contributed by atoms with van der Waals surface area (Å²) in [6.07, 6.45) is 0. The van der Waals surface area contributed by atoms with Gasteiger partial charge < -0.3 is 14.2 Å². The third-order valence-electron chi connectivity index (χ3n) is 0.948. The van der Waals surface area contributed by atoms with Gasteiger partial charge in [0.1, 0.15) is 0 Å². The molecular weight excluding hydrogens is 132 g/mol. The predicted octanol–water partition coefficient (Wildman–Crippen LogP) is 0.848. The summed E-state index contributed by atoms with van der Waals surface area (Å²) < 4.78 is 14.7. The molecule has 0 aromatic heterocycles. The molecule has 1 radical (unpaired) electrons. The Morgan fingerprint density at radius 2 is 1.60 bits per heavy atom. The predicted molar refractivity (Wildman–Crippen MR) is 38.6 cm³/mol. The standard InChI is InChI=1S/C7H15O3/c1-3-9-6-7-10-5-4-8-2/h2-7H2,1H3. The van der Waals surface area contributed by atoms with Gasteiger partial charge in [-0.2, -0.15) is 0 Å². The zero-order valence-corrected chi connectivity index (χ0v) is 6.47. The molecule has 0 N–H and O–H groups in total. The lowest BCUT2D eigenvalue weighted by Gasteiger charge is -2.02. The van der Waals surface area contributed by atoms with Gasteiger partial charge in [0, 0.05) is 6.61 Å². The van der Waals surface area contributed by atoms with E-state index in [-0.39, 0.29) is 0 Å². The molecule has 10 heavy (non-hydrogen) atoms. The molecule has 0 aliphatic heterocycles. The largest absolute Gasteiger partial charge is 0.379 e. The minimum Gasteiger partial charge on any atom is -0.379 e. The zero-order chi connectivity index (χ0) is 7.66. The van der Waals surface area contributed by atoms with Crippen molar-refractivity contribution < 1.29 is 14.2 Å². The summed E-state index contributed by atoms with van der Waals surface area (Å²) in [6.45, 7) is 5.14. The van der Waals surface area contributed by atoms with E-state index < -0.39 is 0 Å². The highest BCUT2D eigenvalue weighted by molar-refractivity contribution is 4.30. The van der Waals surface area contributed by atoms with Crippen LogP contribution < -0.4 is 0 Å². The monoisotopic (exact) mass is 147 g/mol. The molecule has 0 aromatic rings. The van der Waals surface area contributed by atoms with Crippen LogP contribution in [0.3, 0.4) is 0 Å². The first-order valence-corrected chi connectivity index (χ1v) is 3.44. The highest BCUT2D eigenvalue weighted by Crippen LogP contribution is 1.78. The number of hydrogen-bond acceptors (Lipinski definition) is 3. The van der Waals surface area contributed by atoms with E-state index in [9.17, 15) is 0 Å². The van der Waals surface area contributed by atoms with E-state index >= 15 is 0 Å². The first-order valence-electron chi connectivity index (χ1n) is 3.44. The summed E-state index contributed by atoms with van der Waals surface area (Å²) in [5, 5.41) is 0. The summed E-state index contributed by atoms with van der Waals surface area (Å²) in [4.78, 5) is 0. The first-order chi connectivity index (χ1) is 4.91. The van der Waals surface area contributed by atoms with Gasteiger partial charge >= 0.3 is 0 Å². The van der Waals surface area contributed by atoms with Gasteiger partial charge in [0.25, 0.3) is 0 Å². The van der Waals surface area contributed by atoms with Crippen molar-refractivity contribution in [2.75, 3.05) is 33.0 Å². The second-order valence-corrected chi connectivity index (χ2v) is 1.72. The van der Waals surface area contributed by atoms with Crippen LogP contribution in [0.15, 0.2) is 0 Å². The molecule has 3 heteroatoms. The van der Waals surface area contributed by atoms with Crippen LogP contribution in [-0.4, -0.2) is 33.0 Å². The summed E-state index contributed by atoms with van der Waals surface area (Å²) in [7, 11) is 3.21. The smallest absolute Gasteiger partial charge is 0.0701 e. The van der Waals surface area contributed by atoms with Gasteiger partial charge in [-0.05, 0) is 6.92 Å². The highest BCUT2D eigenvalue weighted by Gasteiger charge is 1.86. The normalized spacial score (nSPS) is 10.2. The highest BCUT2D eigenvalue weighted by atomic mass is 16.5. The summed E-state index contributed by atoms with van der Waals surface area (Å²) in [5.41, 5.74) is 0. The molecule has 0 fully saturated rings. The van der Waals surface area contributed by atoms with Crippen LogP contribution in [0, 0.1) is 7.11 Å². The van der Waals surface area contributed by atoms with E-state index in [1.54, 1.807) is 0 Å². The van der Waals surface area contributed by atoms with Crippen molar-refractivity contribution in [3.05, 3.63) is 7.11 Å². The SMILES string of the molecule is [CH2]OCCOCCOCC. The Morgan fingerprint density at radius 3 is 2.20 bits per heavy atom. The average molecular weight is 147 g/mol. The van der Waals surface area contributed by atoms with E-state index in [2.05, 4.69) is 11.8 Å². The fourth-order valence-corrected chi connectivity index (χ4v) is 0.482. The lowest BCUT2D eigenvalue weighted by atomic mass is 10.7. The molecule has 0 bridgehead atoms. The number of ether oxygens (including phenoxy) is 3. The van der Waals surface area contributed by atoms with Gasteiger partial charge in [-0.1, -0.05) is 0 Å². The van der Waals surface area contributed by atoms with Crippen LogP contribution in [-0.2, 0) is 14.2 Å². The molecule has 0 rings (SSSR count). The van der Waals surface area contributed by atoms with Crippen molar-refractivity contribution in [3.63, 3.8) is 0 Å². The maximum atomic E-state index is 5.09. The summed E-state index contributed by atoms with van der Waals surface area (Å²) in [5.74, 6) is 0. The van der Waals surface area contributed by atoms with E-state index in [4.69, 9.17) is 9.47 Å². The molecule has 0 heterocycles. The summed E-state index contributed by atoms with van der Waals surface area (Å²) in [6, 6.07) is 0. The molecule has 0 saturated carbocycles. The van der Waals surface area contributed by atoms with Gasteiger partial charge in [-0.3, -0.25) is 0 Å². The third kappa shape index (κ3) is 7.88. The van der Waals surface area contributed by atoms with Crippen molar-refractivity contribution >= 4 is 0 Å². The van der Waals surface area contributed by atoms with Crippen LogP contribution in [0.4, 0.5) is 0 Å². The molecule has 61 valence electrons. The molecule has 0 aromatic carbocycles. The Bertz CT molecular complexity index is 48.8. The minimum atomic E-state index is 0.548. The molecular formula is C7H15O3. The maximum Gasteiger partial charge on any atom is 0.0701 e. The van der Waals surface area contributed by atoms with Crippen LogP contribution in [0.5, 0.6) is 0 Å². The molecule has 0 spiro atoms. The molecule has 0 unspecified atom stereocenters. The fourth-order valence-electron chi connectivity index (χ4n) is 0.482. The molecule has 0 aliphatic carbocycles. The molecule has 0 aliphatic rings. The second-order valence-electron chi connectivity index (χ2n) is 1.72. The van der Waals surface area contributed by atoms with Crippen LogP contribution in [0.1, 0.15) is 6.92 Å². The van der Waals surface area contributed by atoms with E-state index in [1.165, 1.54) is 0 Å². The Kier molecular flexibility index (Phi) is 8.77. The minimum absolute atomic E-state index is 0.548. The fraction of sp³-hybridized carbons (Fsp3) is 0.857. The Hall–Kier alpha value is -0.120. The lowest BCUT2D eigenvalue weighted by Crippen LogP contribution is -2.07. The topological polar surface area (TPSA) is 27.7 Å². The quantitative estimate of drug-likeness (QED) is 0.499. The van der Waals surface area contributed by atoms with Crippen LogP contribution in [0.25, 0.3) is 0 Å². The Morgan fingerprint density at radius 1 is 1.00 bits per heavy atom. The average Bonchev–Trinajstić information content (AvgIpc) is 1.97. The Balaban J connectivity index is 2.65. The third-order valence-corrected chi connectivity index (χ3v) is 0.948. The molecule has 3 nitrogen and oxygen atoms in total. The van der Waals surface area contributed by atoms with Crippen LogP contribution in [0.2, 0.25) is 0 Å². The van der Waals surface area contributed by atoms with Crippen LogP contribution >= 0.6 is 0 Å². The van der Waals surface area contributed by atoms with Gasteiger partial charge in [0.2, 0.25) is 0 Å². The van der Waals surface area contributed by atoms with Gasteiger partial charge in [-0.25, -0.2) is 0 Å². The summed E-state index contributed by atoms with van der Waals surface area (Å²) >= 11 is 0. The van der Waals surface area contributed by atoms with Gasteiger partial charge in [-0.15, -0.1) is 0 Å². The lowest BCUT2D eigenvalue weighted by molar-refractivity contribution is 0.0334. The van der Waals surface area contributed by atoms with E-state index in [0.29, 0.717) is 26.4 Å². The van der Waals surface area contributed by atoms with Crippen molar-refractivity contribution in [1.29, 1.82) is 0 Å². The van der Waals surface area contributed by atoms with Crippen molar-refractivity contribution in [3.8, 4) is 0 Å². The molecule has 0 saturated heterocycles. The second kappa shape index (κ2) is 8.88. The maximum absolute atomic E-state index is 5.09.